The molecule has 0 bridgehead atoms. The van der Waals surface area contributed by atoms with Gasteiger partial charge in [0.25, 0.3) is 0 Å². The lowest BCUT2D eigenvalue weighted by molar-refractivity contribution is -0.0929. The molecule has 2 atom stereocenters. The van der Waals surface area contributed by atoms with E-state index in [1.165, 1.54) is 28.4 Å². The minimum atomic E-state index is -3.64. The van der Waals surface area contributed by atoms with Crippen LogP contribution in [0.5, 0.6) is 0 Å². The lowest BCUT2D eigenvalue weighted by atomic mass is 10.0. The normalized spacial score (nSPS) is 17.5. The highest BCUT2D eigenvalue weighted by Gasteiger charge is 2.40. The molecule has 1 amide bonds. The lowest BCUT2D eigenvalue weighted by Gasteiger charge is -2.33. The molecule has 1 aliphatic heterocycles. The molecule has 6 nitrogen and oxygen atoms in total. The fourth-order valence-corrected chi connectivity index (χ4v) is 5.15. The van der Waals surface area contributed by atoms with Crippen LogP contribution in [0.25, 0.3) is 0 Å². The van der Waals surface area contributed by atoms with E-state index >= 15 is 0 Å². The van der Waals surface area contributed by atoms with Gasteiger partial charge in [-0.3, -0.25) is 0 Å². The molecule has 1 aromatic heterocycles. The maximum Gasteiger partial charge on any atom is 0.410 e. The third-order valence-electron chi connectivity index (χ3n) is 5.44. The van der Waals surface area contributed by atoms with Crippen molar-refractivity contribution in [2.75, 3.05) is 13.2 Å². The Morgan fingerprint density at radius 1 is 1.31 bits per heavy atom. The van der Waals surface area contributed by atoms with E-state index in [1.54, 1.807) is 19.9 Å². The molecule has 0 spiro atoms. The summed E-state index contributed by atoms with van der Waals surface area (Å²) in [4.78, 5) is 27.3. The van der Waals surface area contributed by atoms with E-state index in [1.807, 2.05) is 6.07 Å². The fraction of sp³-hybridized carbons (Fsp3) is 0.440. The molecule has 1 saturated heterocycles. The second-order valence-corrected chi connectivity index (χ2v) is 10.6. The lowest BCUT2D eigenvalue weighted by Crippen LogP contribution is -2.45. The van der Waals surface area contributed by atoms with Crippen molar-refractivity contribution in [2.24, 2.45) is 0 Å². The average molecular weight is 562 g/mol. The smallest absolute Gasteiger partial charge is 0.410 e. The van der Waals surface area contributed by atoms with Gasteiger partial charge in [0.1, 0.15) is 11.0 Å². The standard InChI is InChI=1S/C25H27Cl2F2NO5S/c1-15(2)35-23(32)21-7-6-20(36-21)4-3-10-30-19(9-11-34-24(30)33)5-8-22(31)25(28,29)16-12-17(26)14-18(27)13-16/h5-8,12-15,19,22,31H,3-4,9-11H2,1-2H3/t19-,22+/m0/s1. The van der Waals surface area contributed by atoms with Crippen LogP contribution in [0.4, 0.5) is 13.6 Å². The number of aryl methyl sites for hydroxylation is 1. The Hall–Kier alpha value is -2.20. The number of rotatable bonds is 10. The topological polar surface area (TPSA) is 76.1 Å². The highest BCUT2D eigenvalue weighted by atomic mass is 35.5. The Bertz CT molecular complexity index is 1090. The minimum Gasteiger partial charge on any atom is -0.459 e. The van der Waals surface area contributed by atoms with Crippen LogP contribution in [-0.4, -0.2) is 53.5 Å². The molecule has 2 aromatic rings. The van der Waals surface area contributed by atoms with Crippen molar-refractivity contribution in [2.45, 2.75) is 57.3 Å². The van der Waals surface area contributed by atoms with Gasteiger partial charge in [-0.25, -0.2) is 9.59 Å². The Morgan fingerprint density at radius 2 is 2.00 bits per heavy atom. The molecule has 3 rings (SSSR count). The Labute approximate surface area is 222 Å². The molecule has 36 heavy (non-hydrogen) atoms. The summed E-state index contributed by atoms with van der Waals surface area (Å²) in [5, 5.41) is 10.3. The van der Waals surface area contributed by atoms with Crippen molar-refractivity contribution >= 4 is 46.6 Å². The summed E-state index contributed by atoms with van der Waals surface area (Å²) in [6, 6.07) is 6.46. The van der Waals surface area contributed by atoms with Crippen LogP contribution >= 0.6 is 34.5 Å². The summed E-state index contributed by atoms with van der Waals surface area (Å²) in [5.74, 6) is -4.01. The fourth-order valence-electron chi connectivity index (χ4n) is 3.69. The molecular weight excluding hydrogens is 535 g/mol. The van der Waals surface area contributed by atoms with Gasteiger partial charge < -0.3 is 19.5 Å². The van der Waals surface area contributed by atoms with Gasteiger partial charge in [0.2, 0.25) is 0 Å². The van der Waals surface area contributed by atoms with Gasteiger partial charge in [-0.15, -0.1) is 11.3 Å². The van der Waals surface area contributed by atoms with Crippen molar-refractivity contribution < 1.29 is 33.0 Å². The molecule has 196 valence electrons. The minimum absolute atomic E-state index is 0.0317. The van der Waals surface area contributed by atoms with E-state index in [0.29, 0.717) is 30.7 Å². The molecule has 1 aliphatic rings. The molecule has 1 N–H and O–H groups in total. The van der Waals surface area contributed by atoms with Crippen LogP contribution in [0.3, 0.4) is 0 Å². The number of benzene rings is 1. The number of halogens is 4. The van der Waals surface area contributed by atoms with Gasteiger partial charge in [-0.05, 0) is 57.0 Å². The van der Waals surface area contributed by atoms with Gasteiger partial charge in [0.05, 0.1) is 18.8 Å². The maximum atomic E-state index is 14.8. The van der Waals surface area contributed by atoms with Crippen LogP contribution in [-0.2, 0) is 21.8 Å². The number of amides is 1. The number of aliphatic hydroxyl groups excluding tert-OH is 1. The summed E-state index contributed by atoms with van der Waals surface area (Å²) in [6.07, 6.45) is 1.04. The Kier molecular flexibility index (Phi) is 9.74. The number of cyclic esters (lactones) is 1. The van der Waals surface area contributed by atoms with Gasteiger partial charge in [-0.1, -0.05) is 35.4 Å². The van der Waals surface area contributed by atoms with Crippen molar-refractivity contribution in [3.63, 3.8) is 0 Å². The molecular formula is C25H27Cl2F2NO5S. The van der Waals surface area contributed by atoms with Crippen molar-refractivity contribution in [1.29, 1.82) is 0 Å². The van der Waals surface area contributed by atoms with E-state index in [4.69, 9.17) is 32.7 Å². The first-order chi connectivity index (χ1) is 17.0. The second kappa shape index (κ2) is 12.4. The summed E-state index contributed by atoms with van der Waals surface area (Å²) >= 11 is 13.0. The second-order valence-electron chi connectivity index (χ2n) is 8.60. The summed E-state index contributed by atoms with van der Waals surface area (Å²) in [5.41, 5.74) is -0.510. The summed E-state index contributed by atoms with van der Waals surface area (Å²) in [6.45, 7) is 4.02. The number of esters is 1. The van der Waals surface area contributed by atoms with E-state index in [0.717, 1.165) is 23.1 Å². The first kappa shape index (κ1) is 28.4. The van der Waals surface area contributed by atoms with Crippen LogP contribution in [0, 0.1) is 0 Å². The third-order valence-corrected chi connectivity index (χ3v) is 7.00. The SMILES string of the molecule is CC(C)OC(=O)c1ccc(CCCN2C(=O)OCC[C@@H]2C=C[C@@H](O)C(F)(F)c2cc(Cl)cc(Cl)c2)s1. The number of thiophene rings is 1. The highest BCUT2D eigenvalue weighted by molar-refractivity contribution is 7.13. The number of ether oxygens (including phenoxy) is 2. The highest BCUT2D eigenvalue weighted by Crippen LogP contribution is 2.36. The predicted octanol–water partition coefficient (Wildman–Crippen LogP) is 6.47. The van der Waals surface area contributed by atoms with E-state index < -0.39 is 29.7 Å². The number of carbonyl (C=O) groups excluding carboxylic acids is 2. The van der Waals surface area contributed by atoms with Crippen LogP contribution in [0.1, 0.15) is 46.8 Å². The predicted molar refractivity (Wildman–Crippen MR) is 135 cm³/mol. The molecule has 1 aromatic carbocycles. The Morgan fingerprint density at radius 3 is 2.67 bits per heavy atom. The quantitative estimate of drug-likeness (QED) is 0.265. The number of aliphatic hydroxyl groups is 1. The maximum absolute atomic E-state index is 14.8. The number of hydrogen-bond acceptors (Lipinski definition) is 6. The first-order valence-corrected chi connectivity index (χ1v) is 13.0. The first-order valence-electron chi connectivity index (χ1n) is 11.4. The Balaban J connectivity index is 1.61. The van der Waals surface area contributed by atoms with Gasteiger partial charge in [0.15, 0.2) is 0 Å². The molecule has 2 heterocycles. The number of alkyl halides is 2. The van der Waals surface area contributed by atoms with Crippen LogP contribution < -0.4 is 0 Å². The molecule has 0 radical (unpaired) electrons. The zero-order valence-electron chi connectivity index (χ0n) is 19.8. The molecule has 11 heteroatoms. The largest absolute Gasteiger partial charge is 0.459 e. The zero-order valence-corrected chi connectivity index (χ0v) is 22.1. The van der Waals surface area contributed by atoms with E-state index in [-0.39, 0.29) is 28.7 Å². The third kappa shape index (κ3) is 7.41. The molecule has 1 fully saturated rings. The van der Waals surface area contributed by atoms with E-state index in [2.05, 4.69) is 0 Å². The zero-order chi connectivity index (χ0) is 26.5. The molecule has 0 unspecified atom stereocenters. The number of hydrogen-bond donors (Lipinski definition) is 1. The number of carbonyl (C=O) groups is 2. The monoisotopic (exact) mass is 561 g/mol. The number of nitrogens with zero attached hydrogens (tertiary/aromatic N) is 1. The van der Waals surface area contributed by atoms with Crippen molar-refractivity contribution in [1.82, 2.24) is 4.90 Å². The average Bonchev–Trinajstić information content (AvgIpc) is 3.27. The van der Waals surface area contributed by atoms with Crippen LogP contribution in [0.15, 0.2) is 42.5 Å². The van der Waals surface area contributed by atoms with E-state index in [9.17, 15) is 23.5 Å². The summed E-state index contributed by atoms with van der Waals surface area (Å²) in [7, 11) is 0. The van der Waals surface area contributed by atoms with Crippen molar-refractivity contribution in [3.8, 4) is 0 Å². The molecule has 0 aliphatic carbocycles. The van der Waals surface area contributed by atoms with Gasteiger partial charge in [0, 0.05) is 33.5 Å². The summed E-state index contributed by atoms with van der Waals surface area (Å²) < 4.78 is 39.9. The van der Waals surface area contributed by atoms with Crippen LogP contribution in [0.2, 0.25) is 10.0 Å². The van der Waals surface area contributed by atoms with Crippen molar-refractivity contribution in [3.05, 3.63) is 67.8 Å². The van der Waals surface area contributed by atoms with Gasteiger partial charge in [-0.2, -0.15) is 8.78 Å². The molecule has 0 saturated carbocycles. The van der Waals surface area contributed by atoms with Gasteiger partial charge >= 0.3 is 18.0 Å².